The summed E-state index contributed by atoms with van der Waals surface area (Å²) >= 11 is 3.05. The molecule has 9 heteroatoms. The number of amides is 2. The predicted octanol–water partition coefficient (Wildman–Crippen LogP) is 2.34. The first-order valence-corrected chi connectivity index (χ1v) is 8.72. The van der Waals surface area contributed by atoms with Gasteiger partial charge >= 0.3 is 0 Å². The van der Waals surface area contributed by atoms with E-state index in [0.29, 0.717) is 11.4 Å². The SMILES string of the molecule is CC1=C(Nc2nc(N)nc3scc(-c4cccs4)c23)C(=O)NC1=O. The Hall–Kier alpha value is -2.78. The summed E-state index contributed by atoms with van der Waals surface area (Å²) in [5.41, 5.74) is 7.26. The molecule has 0 aliphatic carbocycles. The predicted molar refractivity (Wildman–Crippen MR) is 94.6 cm³/mol. The van der Waals surface area contributed by atoms with Crippen molar-refractivity contribution in [1.29, 1.82) is 0 Å². The third kappa shape index (κ3) is 2.25. The van der Waals surface area contributed by atoms with Crippen LogP contribution in [-0.4, -0.2) is 21.8 Å². The van der Waals surface area contributed by atoms with Crippen LogP contribution in [0.1, 0.15) is 6.92 Å². The lowest BCUT2D eigenvalue weighted by Crippen LogP contribution is -2.24. The Bertz CT molecular complexity index is 1020. The van der Waals surface area contributed by atoms with Gasteiger partial charge in [0.25, 0.3) is 11.8 Å². The average molecular weight is 357 g/mol. The van der Waals surface area contributed by atoms with Gasteiger partial charge in [0.05, 0.1) is 5.39 Å². The maximum absolute atomic E-state index is 12.0. The van der Waals surface area contributed by atoms with Gasteiger partial charge in [-0.15, -0.1) is 22.7 Å². The summed E-state index contributed by atoms with van der Waals surface area (Å²) in [5, 5.41) is 9.97. The number of aromatic nitrogens is 2. The van der Waals surface area contributed by atoms with Crippen molar-refractivity contribution in [3.8, 4) is 10.4 Å². The maximum atomic E-state index is 12.0. The minimum absolute atomic E-state index is 0.104. The van der Waals surface area contributed by atoms with E-state index in [4.69, 9.17) is 5.73 Å². The van der Waals surface area contributed by atoms with Gasteiger partial charge in [0.1, 0.15) is 16.3 Å². The number of thiophene rings is 2. The second-order valence-corrected chi connectivity index (χ2v) is 6.95. The first kappa shape index (κ1) is 14.8. The number of nitrogens with one attached hydrogen (secondary N) is 2. The number of fused-ring (bicyclic) bond motifs is 1. The van der Waals surface area contributed by atoms with Crippen LogP contribution in [0.2, 0.25) is 0 Å². The van der Waals surface area contributed by atoms with Gasteiger partial charge in [-0.25, -0.2) is 4.98 Å². The first-order chi connectivity index (χ1) is 11.5. The van der Waals surface area contributed by atoms with Gasteiger partial charge in [-0.05, 0) is 18.4 Å². The van der Waals surface area contributed by atoms with Crippen molar-refractivity contribution in [3.05, 3.63) is 34.2 Å². The number of imide groups is 1. The zero-order chi connectivity index (χ0) is 16.8. The number of hydrogen-bond donors (Lipinski definition) is 3. The highest BCUT2D eigenvalue weighted by molar-refractivity contribution is 7.18. The zero-order valence-corrected chi connectivity index (χ0v) is 14.0. The largest absolute Gasteiger partial charge is 0.368 e. The monoisotopic (exact) mass is 357 g/mol. The lowest BCUT2D eigenvalue weighted by Gasteiger charge is -2.09. The summed E-state index contributed by atoms with van der Waals surface area (Å²) in [6, 6.07) is 3.97. The Morgan fingerprint density at radius 2 is 2.04 bits per heavy atom. The number of nitrogen functional groups attached to an aromatic ring is 1. The van der Waals surface area contributed by atoms with E-state index in [0.717, 1.165) is 20.7 Å². The van der Waals surface area contributed by atoms with Crippen LogP contribution in [0, 0.1) is 0 Å². The standard InChI is InChI=1S/C15H11N5O2S2/c1-6-10(13(22)19-12(6)21)17-11-9-7(8-3-2-4-23-8)5-24-14(9)20-15(16)18-11/h2-5H,1H3,(H4,16,17,18,19,20,21,22). The Labute approximate surface area is 144 Å². The van der Waals surface area contributed by atoms with Gasteiger partial charge in [0, 0.05) is 21.4 Å². The molecule has 3 aromatic heterocycles. The Morgan fingerprint density at radius 3 is 2.71 bits per heavy atom. The molecule has 1 aliphatic rings. The number of anilines is 2. The number of nitrogens with two attached hydrogens (primary N) is 1. The molecular weight excluding hydrogens is 346 g/mol. The number of nitrogens with zero attached hydrogens (tertiary/aromatic N) is 2. The molecule has 4 heterocycles. The highest BCUT2D eigenvalue weighted by atomic mass is 32.1. The highest BCUT2D eigenvalue weighted by Crippen LogP contribution is 2.39. The molecule has 7 nitrogen and oxygen atoms in total. The second kappa shape index (κ2) is 5.39. The second-order valence-electron chi connectivity index (χ2n) is 5.15. The molecule has 0 saturated carbocycles. The molecule has 0 saturated heterocycles. The molecule has 0 radical (unpaired) electrons. The van der Waals surface area contributed by atoms with Crippen molar-refractivity contribution < 1.29 is 9.59 Å². The van der Waals surface area contributed by atoms with Crippen molar-refractivity contribution >= 4 is 56.5 Å². The fourth-order valence-electron chi connectivity index (χ4n) is 2.47. The van der Waals surface area contributed by atoms with Crippen LogP contribution in [0.25, 0.3) is 20.7 Å². The quantitative estimate of drug-likeness (QED) is 0.621. The van der Waals surface area contributed by atoms with Crippen LogP contribution in [0.3, 0.4) is 0 Å². The van der Waals surface area contributed by atoms with Gasteiger partial charge < -0.3 is 11.1 Å². The van der Waals surface area contributed by atoms with E-state index in [9.17, 15) is 9.59 Å². The Balaban J connectivity index is 1.90. The highest BCUT2D eigenvalue weighted by Gasteiger charge is 2.28. The van der Waals surface area contributed by atoms with Crippen molar-refractivity contribution in [3.63, 3.8) is 0 Å². The van der Waals surface area contributed by atoms with Crippen molar-refractivity contribution in [1.82, 2.24) is 15.3 Å². The van der Waals surface area contributed by atoms with E-state index in [1.54, 1.807) is 18.3 Å². The Morgan fingerprint density at radius 1 is 1.21 bits per heavy atom. The molecule has 0 spiro atoms. The van der Waals surface area contributed by atoms with Crippen molar-refractivity contribution in [2.75, 3.05) is 11.1 Å². The molecule has 0 bridgehead atoms. The minimum Gasteiger partial charge on any atom is -0.368 e. The normalized spacial score (nSPS) is 14.5. The van der Waals surface area contributed by atoms with Gasteiger partial charge in [-0.1, -0.05) is 6.07 Å². The molecule has 24 heavy (non-hydrogen) atoms. The van der Waals surface area contributed by atoms with Gasteiger partial charge in [0.2, 0.25) is 5.95 Å². The number of hydrogen-bond acceptors (Lipinski definition) is 8. The molecule has 120 valence electrons. The summed E-state index contributed by atoms with van der Waals surface area (Å²) in [4.78, 5) is 33.9. The Kier molecular flexibility index (Phi) is 3.32. The molecule has 0 fully saturated rings. The number of carbonyl (C=O) groups excluding carboxylic acids is 2. The van der Waals surface area contributed by atoms with Gasteiger partial charge in [-0.2, -0.15) is 4.98 Å². The van der Waals surface area contributed by atoms with Crippen molar-refractivity contribution in [2.45, 2.75) is 6.92 Å². The first-order valence-electron chi connectivity index (χ1n) is 6.97. The number of rotatable bonds is 3. The molecule has 0 unspecified atom stereocenters. The van der Waals surface area contributed by atoms with E-state index in [1.165, 1.54) is 11.3 Å². The molecular formula is C15H11N5O2S2. The number of carbonyl (C=O) groups is 2. The fraction of sp³-hybridized carbons (Fsp3) is 0.0667. The molecule has 2 amide bonds. The van der Waals surface area contributed by atoms with Crippen LogP contribution >= 0.6 is 22.7 Å². The van der Waals surface area contributed by atoms with E-state index in [1.807, 2.05) is 22.9 Å². The smallest absolute Gasteiger partial charge is 0.275 e. The molecule has 4 N–H and O–H groups in total. The molecule has 0 atom stereocenters. The van der Waals surface area contributed by atoms with Crippen LogP contribution < -0.4 is 16.4 Å². The summed E-state index contributed by atoms with van der Waals surface area (Å²) < 4.78 is 0. The van der Waals surface area contributed by atoms with Gasteiger partial charge in [0.15, 0.2) is 0 Å². The van der Waals surface area contributed by atoms with E-state index >= 15 is 0 Å². The summed E-state index contributed by atoms with van der Waals surface area (Å²) in [6.45, 7) is 1.58. The molecule has 1 aliphatic heterocycles. The lowest BCUT2D eigenvalue weighted by atomic mass is 10.2. The zero-order valence-electron chi connectivity index (χ0n) is 12.4. The summed E-state index contributed by atoms with van der Waals surface area (Å²) in [6.07, 6.45) is 0. The van der Waals surface area contributed by atoms with Crippen LogP contribution in [0.5, 0.6) is 0 Å². The fourth-order valence-corrected chi connectivity index (χ4v) is 4.24. The topological polar surface area (TPSA) is 110 Å². The minimum atomic E-state index is -0.476. The van der Waals surface area contributed by atoms with E-state index < -0.39 is 11.8 Å². The van der Waals surface area contributed by atoms with Crippen molar-refractivity contribution in [2.24, 2.45) is 0 Å². The van der Waals surface area contributed by atoms with Crippen LogP contribution in [-0.2, 0) is 9.59 Å². The molecule has 3 aromatic rings. The summed E-state index contributed by atoms with van der Waals surface area (Å²) in [5.74, 6) is -0.366. The van der Waals surface area contributed by atoms with E-state index in [2.05, 4.69) is 20.6 Å². The third-order valence-electron chi connectivity index (χ3n) is 3.65. The lowest BCUT2D eigenvalue weighted by molar-refractivity contribution is -0.124. The third-order valence-corrected chi connectivity index (χ3v) is 5.43. The summed E-state index contributed by atoms with van der Waals surface area (Å²) in [7, 11) is 0. The van der Waals surface area contributed by atoms with E-state index in [-0.39, 0.29) is 11.6 Å². The van der Waals surface area contributed by atoms with Crippen LogP contribution in [0.4, 0.5) is 11.8 Å². The van der Waals surface area contributed by atoms with Crippen LogP contribution in [0.15, 0.2) is 34.2 Å². The van der Waals surface area contributed by atoms with Gasteiger partial charge in [-0.3, -0.25) is 14.9 Å². The maximum Gasteiger partial charge on any atom is 0.275 e. The average Bonchev–Trinajstić information content (AvgIpc) is 3.23. The molecule has 0 aromatic carbocycles. The molecule has 4 rings (SSSR count).